The topological polar surface area (TPSA) is 58.6 Å². The zero-order valence-electron chi connectivity index (χ0n) is 18.5. The Hall–Kier alpha value is -3.09. The zero-order valence-corrected chi connectivity index (χ0v) is 19.3. The average Bonchev–Trinajstić information content (AvgIpc) is 2.90. The fourth-order valence-corrected chi connectivity index (χ4v) is 4.79. The first kappa shape index (κ1) is 22.1. The van der Waals surface area contributed by atoms with Crippen molar-refractivity contribution in [2.45, 2.75) is 30.2 Å². The van der Waals surface area contributed by atoms with Gasteiger partial charge in [0.2, 0.25) is 0 Å². The van der Waals surface area contributed by atoms with Crippen molar-refractivity contribution in [2.24, 2.45) is 0 Å². The van der Waals surface area contributed by atoms with E-state index in [2.05, 4.69) is 37.4 Å². The van der Waals surface area contributed by atoms with Gasteiger partial charge in [0.1, 0.15) is 0 Å². The molecule has 3 aromatic carbocycles. The van der Waals surface area contributed by atoms with E-state index >= 15 is 0 Å². The number of hydrogen-bond donors (Lipinski definition) is 1. The van der Waals surface area contributed by atoms with Gasteiger partial charge in [0, 0.05) is 29.0 Å². The van der Waals surface area contributed by atoms with Crippen LogP contribution in [0, 0.1) is 13.8 Å². The van der Waals surface area contributed by atoms with Crippen LogP contribution in [0.4, 0.5) is 5.69 Å². The Bertz CT molecular complexity index is 1180. The van der Waals surface area contributed by atoms with Gasteiger partial charge in [0.25, 0.3) is 11.8 Å². The lowest BCUT2D eigenvalue weighted by molar-refractivity contribution is 0.0934. The first-order chi connectivity index (χ1) is 15.5. The van der Waals surface area contributed by atoms with Gasteiger partial charge in [-0.05, 0) is 55.3 Å². The van der Waals surface area contributed by atoms with Crippen molar-refractivity contribution in [1.29, 1.82) is 0 Å². The molecule has 2 amide bonds. The zero-order chi connectivity index (χ0) is 22.7. The highest BCUT2D eigenvalue weighted by Crippen LogP contribution is 2.42. The van der Waals surface area contributed by atoms with E-state index in [1.807, 2.05) is 42.5 Å². The van der Waals surface area contributed by atoms with Crippen molar-refractivity contribution in [2.75, 3.05) is 25.2 Å². The maximum Gasteiger partial charge on any atom is 0.259 e. The van der Waals surface area contributed by atoms with E-state index in [1.54, 1.807) is 23.8 Å². The molecule has 5 nitrogen and oxygen atoms in total. The van der Waals surface area contributed by atoms with Crippen LogP contribution in [-0.2, 0) is 11.3 Å². The molecule has 1 aliphatic heterocycles. The number of amides is 2. The lowest BCUT2D eigenvalue weighted by Gasteiger charge is -2.25. The highest BCUT2D eigenvalue weighted by molar-refractivity contribution is 7.99. The molecule has 1 N–H and O–H groups in total. The van der Waals surface area contributed by atoms with Crippen LogP contribution in [0.3, 0.4) is 0 Å². The number of rotatable bonds is 6. The van der Waals surface area contributed by atoms with Crippen molar-refractivity contribution in [1.82, 2.24) is 5.32 Å². The lowest BCUT2D eigenvalue weighted by Crippen LogP contribution is -2.31. The molecule has 6 heteroatoms. The molecule has 0 atom stereocenters. The van der Waals surface area contributed by atoms with Crippen LogP contribution in [0.15, 0.2) is 70.5 Å². The Kier molecular flexibility index (Phi) is 6.63. The van der Waals surface area contributed by atoms with Crippen LogP contribution < -0.4 is 10.2 Å². The summed E-state index contributed by atoms with van der Waals surface area (Å²) in [6.07, 6.45) is 0. The minimum Gasteiger partial charge on any atom is -0.383 e. The molecule has 0 fully saturated rings. The van der Waals surface area contributed by atoms with E-state index in [1.165, 1.54) is 0 Å². The smallest absolute Gasteiger partial charge is 0.259 e. The number of aryl methyl sites for hydroxylation is 2. The summed E-state index contributed by atoms with van der Waals surface area (Å²) in [5.41, 5.74) is 5.30. The quantitative estimate of drug-likeness (QED) is 0.542. The molecular formula is C26H26N2O3S. The van der Waals surface area contributed by atoms with Gasteiger partial charge in [0.05, 0.1) is 24.4 Å². The largest absolute Gasteiger partial charge is 0.383 e. The van der Waals surface area contributed by atoms with Crippen LogP contribution in [0.1, 0.15) is 37.4 Å². The van der Waals surface area contributed by atoms with Crippen molar-refractivity contribution in [3.8, 4) is 0 Å². The van der Waals surface area contributed by atoms with Crippen LogP contribution in [0.25, 0.3) is 0 Å². The van der Waals surface area contributed by atoms with E-state index in [-0.39, 0.29) is 11.8 Å². The van der Waals surface area contributed by atoms with Gasteiger partial charge in [-0.1, -0.05) is 47.7 Å². The van der Waals surface area contributed by atoms with Gasteiger partial charge in [-0.2, -0.15) is 0 Å². The SMILES string of the molecule is COCCNC(=O)c1ccc2c(c1)N(Cc1cc(C)ccc1C)C(=O)c1ccccc1S2. The molecular weight excluding hydrogens is 420 g/mol. The normalized spacial score (nSPS) is 12.7. The summed E-state index contributed by atoms with van der Waals surface area (Å²) in [6.45, 7) is 5.41. The van der Waals surface area contributed by atoms with Crippen LogP contribution in [0.5, 0.6) is 0 Å². The van der Waals surface area contributed by atoms with Gasteiger partial charge in [-0.15, -0.1) is 0 Å². The molecule has 32 heavy (non-hydrogen) atoms. The van der Waals surface area contributed by atoms with E-state index < -0.39 is 0 Å². The number of nitrogens with zero attached hydrogens (tertiary/aromatic N) is 1. The van der Waals surface area contributed by atoms with Crippen molar-refractivity contribution >= 4 is 29.3 Å². The summed E-state index contributed by atoms with van der Waals surface area (Å²) >= 11 is 1.56. The summed E-state index contributed by atoms with van der Waals surface area (Å²) in [6, 6.07) is 19.5. The van der Waals surface area contributed by atoms with Crippen molar-refractivity contribution < 1.29 is 14.3 Å². The predicted octanol–water partition coefficient (Wildman–Crippen LogP) is 4.99. The second kappa shape index (κ2) is 9.59. The number of benzene rings is 3. The molecule has 0 radical (unpaired) electrons. The molecule has 3 aromatic rings. The molecule has 0 saturated carbocycles. The van der Waals surface area contributed by atoms with Crippen LogP contribution in [-0.4, -0.2) is 32.1 Å². The Morgan fingerprint density at radius 1 is 1.03 bits per heavy atom. The number of nitrogens with one attached hydrogen (secondary N) is 1. The fraction of sp³-hybridized carbons (Fsp3) is 0.231. The third-order valence-corrected chi connectivity index (χ3v) is 6.66. The average molecular weight is 447 g/mol. The molecule has 0 aromatic heterocycles. The number of methoxy groups -OCH3 is 1. The monoisotopic (exact) mass is 446 g/mol. The maximum atomic E-state index is 13.7. The first-order valence-electron chi connectivity index (χ1n) is 10.5. The molecule has 1 heterocycles. The van der Waals surface area contributed by atoms with E-state index in [0.29, 0.717) is 30.8 Å². The predicted molar refractivity (Wildman–Crippen MR) is 128 cm³/mol. The van der Waals surface area contributed by atoms with Crippen molar-refractivity contribution in [3.05, 3.63) is 88.5 Å². The van der Waals surface area contributed by atoms with E-state index in [4.69, 9.17) is 4.74 Å². The van der Waals surface area contributed by atoms with Gasteiger partial charge in [0.15, 0.2) is 0 Å². The Morgan fingerprint density at radius 3 is 2.66 bits per heavy atom. The summed E-state index contributed by atoms with van der Waals surface area (Å²) < 4.78 is 5.02. The summed E-state index contributed by atoms with van der Waals surface area (Å²) in [5.74, 6) is -0.250. The van der Waals surface area contributed by atoms with Gasteiger partial charge >= 0.3 is 0 Å². The molecule has 0 aliphatic carbocycles. The standard InChI is InChI=1S/C26H26N2O3S/c1-17-8-9-18(2)20(14-17)16-28-22-15-19(25(29)27-12-13-31-3)10-11-24(22)32-23-7-5-4-6-21(23)26(28)30/h4-11,14-15H,12-13,16H2,1-3H3,(H,27,29). The highest BCUT2D eigenvalue weighted by atomic mass is 32.2. The molecule has 0 spiro atoms. The second-order valence-corrected chi connectivity index (χ2v) is 8.93. The number of hydrogen-bond acceptors (Lipinski definition) is 4. The fourth-order valence-electron chi connectivity index (χ4n) is 3.73. The number of carbonyl (C=O) groups excluding carboxylic acids is 2. The molecule has 0 saturated heterocycles. The molecule has 164 valence electrons. The summed E-state index contributed by atoms with van der Waals surface area (Å²) in [5, 5.41) is 2.86. The molecule has 4 rings (SSSR count). The summed E-state index contributed by atoms with van der Waals surface area (Å²) in [7, 11) is 1.60. The highest BCUT2D eigenvalue weighted by Gasteiger charge is 2.28. The van der Waals surface area contributed by atoms with E-state index in [9.17, 15) is 9.59 Å². The number of anilines is 1. The number of fused-ring (bicyclic) bond motifs is 2. The van der Waals surface area contributed by atoms with Crippen LogP contribution in [0.2, 0.25) is 0 Å². The maximum absolute atomic E-state index is 13.7. The second-order valence-electron chi connectivity index (χ2n) is 7.85. The third-order valence-electron chi connectivity index (χ3n) is 5.52. The molecule has 0 bridgehead atoms. The number of carbonyl (C=O) groups is 2. The van der Waals surface area contributed by atoms with Crippen LogP contribution >= 0.6 is 11.8 Å². The Labute approximate surface area is 192 Å². The Balaban J connectivity index is 1.78. The van der Waals surface area contributed by atoms with Gasteiger partial charge < -0.3 is 15.0 Å². The van der Waals surface area contributed by atoms with Gasteiger partial charge in [-0.3, -0.25) is 9.59 Å². The lowest BCUT2D eigenvalue weighted by atomic mass is 10.0. The number of ether oxygens (including phenoxy) is 1. The summed E-state index contributed by atoms with van der Waals surface area (Å²) in [4.78, 5) is 30.0. The molecule has 0 unspecified atom stereocenters. The minimum absolute atomic E-state index is 0.0651. The van der Waals surface area contributed by atoms with E-state index in [0.717, 1.165) is 32.2 Å². The van der Waals surface area contributed by atoms with Crippen molar-refractivity contribution in [3.63, 3.8) is 0 Å². The molecule has 1 aliphatic rings. The first-order valence-corrected chi connectivity index (χ1v) is 11.4. The Morgan fingerprint density at radius 2 is 1.84 bits per heavy atom. The van der Waals surface area contributed by atoms with Gasteiger partial charge in [-0.25, -0.2) is 0 Å². The third kappa shape index (κ3) is 4.56. The minimum atomic E-state index is -0.184.